The summed E-state index contributed by atoms with van der Waals surface area (Å²) in [4.78, 5) is 32.9. The predicted molar refractivity (Wildman–Crippen MR) is 128 cm³/mol. The predicted octanol–water partition coefficient (Wildman–Crippen LogP) is 4.02. The van der Waals surface area contributed by atoms with Crippen LogP contribution >= 0.6 is 11.3 Å². The van der Waals surface area contributed by atoms with Gasteiger partial charge < -0.3 is 25.5 Å². The Balaban J connectivity index is 1.32. The van der Waals surface area contributed by atoms with Crippen molar-refractivity contribution in [2.24, 2.45) is 5.73 Å². The smallest absolute Gasteiger partial charge is 0.395 e. The number of amides is 1. The van der Waals surface area contributed by atoms with Crippen LogP contribution < -0.4 is 26.1 Å². The lowest BCUT2D eigenvalue weighted by Crippen LogP contribution is -2.52. The van der Waals surface area contributed by atoms with Gasteiger partial charge in [-0.3, -0.25) is 14.5 Å². The second kappa shape index (κ2) is 9.67. The maximum atomic E-state index is 14.9. The van der Waals surface area contributed by atoms with Gasteiger partial charge in [0.05, 0.1) is 28.2 Å². The first-order valence-corrected chi connectivity index (χ1v) is 12.4. The van der Waals surface area contributed by atoms with Crippen LogP contribution in [0.4, 0.5) is 31.5 Å². The number of piperidine rings is 1. The number of carbonyl (C=O) groups excluding carboxylic acids is 1. The lowest BCUT2D eigenvalue weighted by Gasteiger charge is -2.40. The Bertz CT molecular complexity index is 1440. The van der Waals surface area contributed by atoms with E-state index in [4.69, 9.17) is 5.73 Å². The molecule has 3 aromatic rings. The van der Waals surface area contributed by atoms with Gasteiger partial charge in [-0.05, 0) is 18.6 Å². The Morgan fingerprint density at radius 2 is 1.92 bits per heavy atom. The van der Waals surface area contributed by atoms with Crippen LogP contribution in [0.5, 0.6) is 11.5 Å². The SMILES string of the molecule is C[C@@H](C(=O)Nc1nc2cc3c(cc2s1)OC(F)(F)O3)N1CCC(F)(F)[C@H](c2c[nH]c(=O)c([C@@H](N)C(F)F)c2)C1. The fourth-order valence-electron chi connectivity index (χ4n) is 4.53. The molecular weight excluding hydrogens is 556 g/mol. The molecule has 0 aliphatic carbocycles. The molecule has 5 rings (SSSR count). The van der Waals surface area contributed by atoms with Crippen molar-refractivity contribution in [1.29, 1.82) is 0 Å². The fourth-order valence-corrected chi connectivity index (χ4v) is 5.41. The van der Waals surface area contributed by atoms with Crippen molar-refractivity contribution in [3.05, 3.63) is 45.9 Å². The quantitative estimate of drug-likeness (QED) is 0.379. The van der Waals surface area contributed by atoms with Crippen LogP contribution in [0.3, 0.4) is 0 Å². The van der Waals surface area contributed by atoms with Crippen LogP contribution in [0.25, 0.3) is 10.2 Å². The van der Waals surface area contributed by atoms with Crippen molar-refractivity contribution >= 4 is 32.6 Å². The third-order valence-electron chi connectivity index (χ3n) is 6.72. The summed E-state index contributed by atoms with van der Waals surface area (Å²) in [6.07, 6.45) is -6.44. The highest BCUT2D eigenvalue weighted by atomic mass is 32.1. The average molecular weight is 578 g/mol. The highest BCUT2D eigenvalue weighted by Gasteiger charge is 2.47. The van der Waals surface area contributed by atoms with Gasteiger partial charge in [0.1, 0.15) is 0 Å². The summed E-state index contributed by atoms with van der Waals surface area (Å²) in [5.41, 5.74) is 4.17. The number of H-pyrrole nitrogens is 1. The average Bonchev–Trinajstić information content (AvgIpc) is 3.38. The summed E-state index contributed by atoms with van der Waals surface area (Å²) in [6, 6.07) is 0.659. The maximum Gasteiger partial charge on any atom is 0.586 e. The van der Waals surface area contributed by atoms with Crippen molar-refractivity contribution in [2.45, 2.75) is 50.0 Å². The molecule has 4 N–H and O–H groups in total. The Morgan fingerprint density at radius 3 is 2.62 bits per heavy atom. The Labute approximate surface area is 219 Å². The number of halogens is 6. The number of benzene rings is 1. The van der Waals surface area contributed by atoms with Crippen molar-refractivity contribution in [1.82, 2.24) is 14.9 Å². The molecule has 2 aromatic heterocycles. The Kier molecular flexibility index (Phi) is 6.75. The first-order chi connectivity index (χ1) is 18.2. The molecule has 0 saturated carbocycles. The number of anilines is 1. The lowest BCUT2D eigenvalue weighted by molar-refractivity contribution is -0.286. The standard InChI is InChI=1S/C23H21F6N5O4S/c1-9(19(35)33-21-32-13-5-14-15(6-16(13)39-21)38-23(28,29)37-14)34-3-2-22(26,27)12(8-34)10-4-11(17(30)18(24)25)20(36)31-7-10/h4-7,9,12,17-18H,2-3,8,30H2,1H3,(H,31,36)(H,32,33,35)/t9-,12-,17+/m0/s1. The highest BCUT2D eigenvalue weighted by molar-refractivity contribution is 7.22. The molecule has 1 fully saturated rings. The molecule has 1 amide bonds. The monoisotopic (exact) mass is 577 g/mol. The lowest BCUT2D eigenvalue weighted by atomic mass is 9.86. The van der Waals surface area contributed by atoms with Crippen molar-refractivity contribution in [3.8, 4) is 11.5 Å². The summed E-state index contributed by atoms with van der Waals surface area (Å²) < 4.78 is 91.8. The van der Waals surface area contributed by atoms with E-state index >= 15 is 0 Å². The number of carbonyl (C=O) groups is 1. The van der Waals surface area contributed by atoms with E-state index in [0.717, 1.165) is 23.6 Å². The number of nitrogens with zero attached hydrogens (tertiary/aromatic N) is 2. The number of nitrogens with one attached hydrogen (secondary N) is 2. The number of aromatic nitrogens is 2. The van der Waals surface area contributed by atoms with Crippen LogP contribution in [0.15, 0.2) is 29.2 Å². The fraction of sp³-hybridized carbons (Fsp3) is 0.435. The van der Waals surface area contributed by atoms with Crippen molar-refractivity contribution in [3.63, 3.8) is 0 Å². The molecule has 0 radical (unpaired) electrons. The molecule has 0 spiro atoms. The van der Waals surface area contributed by atoms with E-state index in [9.17, 15) is 35.9 Å². The van der Waals surface area contributed by atoms with Crippen molar-refractivity contribution < 1.29 is 40.6 Å². The number of thiazole rings is 1. The molecule has 3 atom stereocenters. The number of hydrogen-bond donors (Lipinski definition) is 3. The largest absolute Gasteiger partial charge is 0.586 e. The van der Waals surface area contributed by atoms with Gasteiger partial charge in [0.25, 0.3) is 17.9 Å². The van der Waals surface area contributed by atoms with Gasteiger partial charge in [-0.25, -0.2) is 22.5 Å². The zero-order chi connectivity index (χ0) is 28.3. The van der Waals surface area contributed by atoms with Gasteiger partial charge in [-0.1, -0.05) is 11.3 Å². The van der Waals surface area contributed by atoms with E-state index in [1.54, 1.807) is 0 Å². The third kappa shape index (κ3) is 5.27. The first kappa shape index (κ1) is 27.2. The third-order valence-corrected chi connectivity index (χ3v) is 7.65. The number of nitrogens with two attached hydrogens (primary N) is 1. The summed E-state index contributed by atoms with van der Waals surface area (Å²) in [5.74, 6) is -5.70. The zero-order valence-electron chi connectivity index (χ0n) is 20.0. The zero-order valence-corrected chi connectivity index (χ0v) is 20.8. The van der Waals surface area contributed by atoms with Crippen LogP contribution in [-0.4, -0.2) is 58.5 Å². The van der Waals surface area contributed by atoms with Crippen LogP contribution in [0.1, 0.15) is 36.4 Å². The van der Waals surface area contributed by atoms with Gasteiger partial charge in [0, 0.05) is 43.4 Å². The molecular formula is C23H21F6N5O4S. The number of hydrogen-bond acceptors (Lipinski definition) is 8. The summed E-state index contributed by atoms with van der Waals surface area (Å²) in [6.45, 7) is 1.05. The van der Waals surface area contributed by atoms with Crippen LogP contribution in [0, 0.1) is 0 Å². The normalized spacial score (nSPS) is 21.7. The van der Waals surface area contributed by atoms with Gasteiger partial charge >= 0.3 is 6.29 Å². The van der Waals surface area contributed by atoms with E-state index in [1.165, 1.54) is 24.0 Å². The molecule has 39 heavy (non-hydrogen) atoms. The number of pyridine rings is 1. The number of fused-ring (bicyclic) bond motifs is 2. The summed E-state index contributed by atoms with van der Waals surface area (Å²) in [7, 11) is 0. The number of rotatable bonds is 6. The van der Waals surface area contributed by atoms with Gasteiger partial charge in [0.2, 0.25) is 5.91 Å². The molecule has 210 valence electrons. The second-order valence-electron chi connectivity index (χ2n) is 9.25. The van der Waals surface area contributed by atoms with Crippen LogP contribution in [-0.2, 0) is 4.79 Å². The number of aromatic amines is 1. The molecule has 1 saturated heterocycles. The molecule has 9 nitrogen and oxygen atoms in total. The van der Waals surface area contributed by atoms with Gasteiger partial charge in [0.15, 0.2) is 16.6 Å². The molecule has 1 aromatic carbocycles. The Morgan fingerprint density at radius 1 is 1.23 bits per heavy atom. The van der Waals surface area contributed by atoms with E-state index in [2.05, 4.69) is 24.8 Å². The van der Waals surface area contributed by atoms with Crippen LogP contribution in [0.2, 0.25) is 0 Å². The van der Waals surface area contributed by atoms with Gasteiger partial charge in [-0.15, -0.1) is 8.78 Å². The maximum absolute atomic E-state index is 14.9. The minimum absolute atomic E-state index is 0.0859. The molecule has 2 aliphatic heterocycles. The molecule has 2 aliphatic rings. The summed E-state index contributed by atoms with van der Waals surface area (Å²) in [5, 5.41) is 2.74. The first-order valence-electron chi connectivity index (χ1n) is 11.6. The van der Waals surface area contributed by atoms with Gasteiger partial charge in [-0.2, -0.15) is 0 Å². The number of alkyl halides is 6. The molecule has 16 heteroatoms. The minimum Gasteiger partial charge on any atom is -0.395 e. The van der Waals surface area contributed by atoms with E-state index in [1.807, 2.05) is 0 Å². The number of ether oxygens (including phenoxy) is 2. The second-order valence-corrected chi connectivity index (χ2v) is 10.3. The number of likely N-dealkylation sites (tertiary alicyclic amines) is 1. The molecule has 0 unspecified atom stereocenters. The van der Waals surface area contributed by atoms with E-state index in [0.29, 0.717) is 4.70 Å². The molecule has 4 heterocycles. The topological polar surface area (TPSA) is 123 Å². The minimum atomic E-state index is -3.78. The Hall–Kier alpha value is -3.37. The molecule has 0 bridgehead atoms. The van der Waals surface area contributed by atoms with E-state index in [-0.39, 0.29) is 40.8 Å². The summed E-state index contributed by atoms with van der Waals surface area (Å²) >= 11 is 0.992. The van der Waals surface area contributed by atoms with Crippen molar-refractivity contribution in [2.75, 3.05) is 18.4 Å². The highest BCUT2D eigenvalue weighted by Crippen LogP contribution is 2.45. The van der Waals surface area contributed by atoms with E-state index < -0.39 is 60.1 Å².